The molecule has 0 aliphatic heterocycles. The van der Waals surface area contributed by atoms with Gasteiger partial charge in [0.15, 0.2) is 0 Å². The highest BCUT2D eigenvalue weighted by atomic mass is 16.1. The van der Waals surface area contributed by atoms with Crippen LogP contribution in [-0.4, -0.2) is 5.91 Å². The third kappa shape index (κ3) is 2.79. The van der Waals surface area contributed by atoms with Gasteiger partial charge in [-0.15, -0.1) is 0 Å². The Morgan fingerprint density at radius 1 is 0.762 bits per heavy atom. The normalized spacial score (nSPS) is 10.7. The average Bonchev–Trinajstić information content (AvgIpc) is 2.53. The van der Waals surface area contributed by atoms with E-state index in [1.807, 2.05) is 18.2 Å². The molecule has 3 aromatic carbocycles. The predicted molar refractivity (Wildman–Crippen MR) is 86.3 cm³/mol. The Labute approximate surface area is 124 Å². The van der Waals surface area contributed by atoms with Gasteiger partial charge in [0.1, 0.15) is 0 Å². The van der Waals surface area contributed by atoms with E-state index in [0.29, 0.717) is 5.56 Å². The Hall–Kier alpha value is -2.61. The molecule has 0 saturated heterocycles. The van der Waals surface area contributed by atoms with E-state index in [1.165, 1.54) is 16.3 Å². The van der Waals surface area contributed by atoms with E-state index < -0.39 is 0 Å². The lowest BCUT2D eigenvalue weighted by molar-refractivity contribution is 0.0999. The first-order valence-electron chi connectivity index (χ1n) is 7.10. The van der Waals surface area contributed by atoms with Gasteiger partial charge in [-0.25, -0.2) is 0 Å². The summed E-state index contributed by atoms with van der Waals surface area (Å²) in [5, 5.41) is 2.52. The Kier molecular flexibility index (Phi) is 3.69. The number of carbonyl (C=O) groups excluding carboxylic acids is 1. The third-order valence-corrected chi connectivity index (χ3v) is 3.83. The maximum atomic E-state index is 11.5. The number of hydrogen-bond acceptors (Lipinski definition) is 1. The van der Waals surface area contributed by atoms with E-state index in [0.717, 1.165) is 18.4 Å². The number of benzene rings is 3. The fraction of sp³-hybridized carbons (Fsp3) is 0.105. The highest BCUT2D eigenvalue weighted by Crippen LogP contribution is 2.21. The lowest BCUT2D eigenvalue weighted by atomic mass is 9.96. The summed E-state index contributed by atoms with van der Waals surface area (Å²) in [5.74, 6) is -0.358. The van der Waals surface area contributed by atoms with E-state index in [4.69, 9.17) is 5.73 Å². The molecule has 0 unspecified atom stereocenters. The van der Waals surface area contributed by atoms with Gasteiger partial charge >= 0.3 is 0 Å². The Bertz CT molecular complexity index is 787. The van der Waals surface area contributed by atoms with E-state index in [1.54, 1.807) is 6.07 Å². The summed E-state index contributed by atoms with van der Waals surface area (Å²) in [5.41, 5.74) is 8.37. The number of carbonyl (C=O) groups is 1. The number of hydrogen-bond donors (Lipinski definition) is 1. The van der Waals surface area contributed by atoms with Gasteiger partial charge in [0, 0.05) is 5.56 Å². The first-order chi connectivity index (χ1) is 10.3. The molecule has 2 heteroatoms. The van der Waals surface area contributed by atoms with Gasteiger partial charge in [-0.2, -0.15) is 0 Å². The zero-order chi connectivity index (χ0) is 14.7. The summed E-state index contributed by atoms with van der Waals surface area (Å²) in [6.45, 7) is 0. The number of aryl methyl sites for hydroxylation is 2. The fourth-order valence-corrected chi connectivity index (χ4v) is 2.76. The van der Waals surface area contributed by atoms with Crippen LogP contribution in [0.3, 0.4) is 0 Å². The molecule has 0 aliphatic carbocycles. The second-order valence-electron chi connectivity index (χ2n) is 5.16. The highest BCUT2D eigenvalue weighted by Gasteiger charge is 2.08. The van der Waals surface area contributed by atoms with E-state index >= 15 is 0 Å². The predicted octanol–water partition coefficient (Wildman–Crippen LogP) is 3.72. The Morgan fingerprint density at radius 3 is 2.24 bits per heavy atom. The van der Waals surface area contributed by atoms with Gasteiger partial charge in [-0.1, -0.05) is 60.7 Å². The lowest BCUT2D eigenvalue weighted by Gasteiger charge is -2.09. The Balaban J connectivity index is 1.89. The molecule has 0 heterocycles. The van der Waals surface area contributed by atoms with Crippen LogP contribution < -0.4 is 5.73 Å². The molecule has 104 valence electrons. The van der Waals surface area contributed by atoms with Crippen molar-refractivity contribution in [3.05, 3.63) is 83.4 Å². The molecule has 2 N–H and O–H groups in total. The molecular weight excluding hydrogens is 258 g/mol. The zero-order valence-electron chi connectivity index (χ0n) is 11.8. The van der Waals surface area contributed by atoms with Crippen LogP contribution in [0, 0.1) is 0 Å². The second-order valence-corrected chi connectivity index (χ2v) is 5.16. The van der Waals surface area contributed by atoms with Crippen LogP contribution in [0.1, 0.15) is 21.5 Å². The molecule has 3 aromatic rings. The molecule has 0 bridgehead atoms. The topological polar surface area (TPSA) is 43.1 Å². The van der Waals surface area contributed by atoms with Crippen molar-refractivity contribution in [1.82, 2.24) is 0 Å². The van der Waals surface area contributed by atoms with Gasteiger partial charge < -0.3 is 5.73 Å². The largest absolute Gasteiger partial charge is 0.366 e. The van der Waals surface area contributed by atoms with Crippen molar-refractivity contribution in [2.45, 2.75) is 12.8 Å². The third-order valence-electron chi connectivity index (χ3n) is 3.83. The number of fused-ring (bicyclic) bond motifs is 1. The summed E-state index contributed by atoms with van der Waals surface area (Å²) in [7, 11) is 0. The second kappa shape index (κ2) is 5.80. The lowest BCUT2D eigenvalue weighted by Crippen LogP contribution is -2.14. The van der Waals surface area contributed by atoms with E-state index in [-0.39, 0.29) is 5.91 Å². The molecule has 0 radical (unpaired) electrons. The summed E-state index contributed by atoms with van der Waals surface area (Å²) in [4.78, 5) is 11.5. The van der Waals surface area contributed by atoms with Crippen molar-refractivity contribution in [2.24, 2.45) is 5.73 Å². The van der Waals surface area contributed by atoms with Gasteiger partial charge in [-0.05, 0) is 40.8 Å². The highest BCUT2D eigenvalue weighted by molar-refractivity contribution is 5.94. The van der Waals surface area contributed by atoms with Gasteiger partial charge in [0.2, 0.25) is 5.91 Å². The maximum Gasteiger partial charge on any atom is 0.248 e. The fourth-order valence-electron chi connectivity index (χ4n) is 2.76. The van der Waals surface area contributed by atoms with Crippen LogP contribution in [0.25, 0.3) is 10.8 Å². The van der Waals surface area contributed by atoms with Gasteiger partial charge in [0.25, 0.3) is 0 Å². The number of primary amides is 1. The quantitative estimate of drug-likeness (QED) is 0.774. The molecule has 0 spiro atoms. The smallest absolute Gasteiger partial charge is 0.248 e. The number of amides is 1. The van der Waals surface area contributed by atoms with Gasteiger partial charge in [-0.3, -0.25) is 4.79 Å². The Morgan fingerprint density at radius 2 is 1.38 bits per heavy atom. The van der Waals surface area contributed by atoms with Crippen LogP contribution in [0.4, 0.5) is 0 Å². The van der Waals surface area contributed by atoms with Crippen LogP contribution in [0.2, 0.25) is 0 Å². The van der Waals surface area contributed by atoms with Crippen molar-refractivity contribution < 1.29 is 4.79 Å². The van der Waals surface area contributed by atoms with Crippen molar-refractivity contribution >= 4 is 16.7 Å². The number of nitrogens with two attached hydrogens (primary N) is 1. The molecular formula is C19H17NO. The van der Waals surface area contributed by atoms with Gasteiger partial charge in [0.05, 0.1) is 0 Å². The first-order valence-corrected chi connectivity index (χ1v) is 7.10. The molecule has 0 aromatic heterocycles. The molecule has 0 saturated carbocycles. The van der Waals surface area contributed by atoms with Crippen molar-refractivity contribution in [3.63, 3.8) is 0 Å². The zero-order valence-corrected chi connectivity index (χ0v) is 11.8. The van der Waals surface area contributed by atoms with Crippen LogP contribution >= 0.6 is 0 Å². The molecule has 0 fully saturated rings. The summed E-state index contributed by atoms with van der Waals surface area (Å²) < 4.78 is 0. The summed E-state index contributed by atoms with van der Waals surface area (Å²) >= 11 is 0. The molecule has 0 aliphatic rings. The maximum absolute atomic E-state index is 11.5. The SMILES string of the molecule is NC(=O)c1ccccc1CCc1cccc2ccccc12. The molecule has 21 heavy (non-hydrogen) atoms. The monoisotopic (exact) mass is 275 g/mol. The van der Waals surface area contributed by atoms with Crippen molar-refractivity contribution in [2.75, 3.05) is 0 Å². The molecule has 2 nitrogen and oxygen atoms in total. The van der Waals surface area contributed by atoms with E-state index in [2.05, 4.69) is 42.5 Å². The van der Waals surface area contributed by atoms with Crippen LogP contribution in [0.15, 0.2) is 66.7 Å². The summed E-state index contributed by atoms with van der Waals surface area (Å²) in [6, 6.07) is 22.3. The minimum Gasteiger partial charge on any atom is -0.366 e. The van der Waals surface area contributed by atoms with Crippen LogP contribution in [-0.2, 0) is 12.8 Å². The summed E-state index contributed by atoms with van der Waals surface area (Å²) in [6.07, 6.45) is 1.71. The number of rotatable bonds is 4. The molecule has 0 atom stereocenters. The first kappa shape index (κ1) is 13.4. The minimum atomic E-state index is -0.358. The van der Waals surface area contributed by atoms with E-state index in [9.17, 15) is 4.79 Å². The molecule has 3 rings (SSSR count). The van der Waals surface area contributed by atoms with Crippen molar-refractivity contribution in [3.8, 4) is 0 Å². The minimum absolute atomic E-state index is 0.358. The molecule has 1 amide bonds. The average molecular weight is 275 g/mol. The van der Waals surface area contributed by atoms with Crippen LogP contribution in [0.5, 0.6) is 0 Å². The van der Waals surface area contributed by atoms with Crippen molar-refractivity contribution in [1.29, 1.82) is 0 Å². The standard InChI is InChI=1S/C19H17NO/c20-19(21)18-11-4-2-7-16(18)13-12-15-9-5-8-14-6-1-3-10-17(14)15/h1-11H,12-13H2,(H2,20,21).